The van der Waals surface area contributed by atoms with E-state index in [1.807, 2.05) is 14.0 Å². The lowest BCUT2D eigenvalue weighted by Gasteiger charge is -2.21. The van der Waals surface area contributed by atoms with Crippen LogP contribution in [0.4, 0.5) is 0 Å². The van der Waals surface area contributed by atoms with Gasteiger partial charge in [0.2, 0.25) is 0 Å². The number of aromatic nitrogens is 2. The van der Waals surface area contributed by atoms with Crippen molar-refractivity contribution in [1.82, 2.24) is 14.7 Å². The van der Waals surface area contributed by atoms with Crippen molar-refractivity contribution in [3.8, 4) is 0 Å². The Morgan fingerprint density at radius 1 is 1.47 bits per heavy atom. The molecule has 0 aliphatic heterocycles. The SMILES string of the molecule is CCCN(Cc1c(C)nn(C)c1Cl)CC1CC1. The lowest BCUT2D eigenvalue weighted by atomic mass is 10.2. The van der Waals surface area contributed by atoms with Crippen molar-refractivity contribution in [3.05, 3.63) is 16.4 Å². The van der Waals surface area contributed by atoms with Crippen molar-refractivity contribution >= 4 is 11.6 Å². The molecule has 3 nitrogen and oxygen atoms in total. The second-order valence-corrected chi connectivity index (χ2v) is 5.51. The molecule has 0 saturated heterocycles. The summed E-state index contributed by atoms with van der Waals surface area (Å²) in [6.45, 7) is 7.60. The number of aryl methyl sites for hydroxylation is 2. The maximum Gasteiger partial charge on any atom is 0.131 e. The fourth-order valence-corrected chi connectivity index (χ4v) is 2.53. The van der Waals surface area contributed by atoms with E-state index in [4.69, 9.17) is 11.6 Å². The van der Waals surface area contributed by atoms with Gasteiger partial charge in [-0.1, -0.05) is 18.5 Å². The van der Waals surface area contributed by atoms with Gasteiger partial charge in [0.15, 0.2) is 0 Å². The van der Waals surface area contributed by atoms with E-state index in [2.05, 4.69) is 16.9 Å². The van der Waals surface area contributed by atoms with E-state index in [0.29, 0.717) is 0 Å². The second-order valence-electron chi connectivity index (χ2n) is 5.16. The summed E-state index contributed by atoms with van der Waals surface area (Å²) in [5.74, 6) is 0.928. The molecule has 1 aromatic heterocycles. The Bertz CT molecular complexity index is 382. The Balaban J connectivity index is 2.04. The minimum Gasteiger partial charge on any atom is -0.299 e. The van der Waals surface area contributed by atoms with Crippen LogP contribution in [0.1, 0.15) is 37.4 Å². The Morgan fingerprint density at radius 3 is 2.65 bits per heavy atom. The van der Waals surface area contributed by atoms with E-state index < -0.39 is 0 Å². The van der Waals surface area contributed by atoms with Gasteiger partial charge in [-0.05, 0) is 38.6 Å². The molecule has 1 saturated carbocycles. The van der Waals surface area contributed by atoms with E-state index in [9.17, 15) is 0 Å². The van der Waals surface area contributed by atoms with Crippen molar-refractivity contribution in [2.75, 3.05) is 13.1 Å². The second kappa shape index (κ2) is 5.40. The molecule has 96 valence electrons. The first-order valence-corrected chi connectivity index (χ1v) is 6.90. The number of hydrogen-bond acceptors (Lipinski definition) is 2. The summed E-state index contributed by atoms with van der Waals surface area (Å²) in [6, 6.07) is 0. The van der Waals surface area contributed by atoms with E-state index in [-0.39, 0.29) is 0 Å². The van der Waals surface area contributed by atoms with Gasteiger partial charge in [0, 0.05) is 25.7 Å². The molecule has 0 radical (unpaired) electrons. The van der Waals surface area contributed by atoms with Crippen molar-refractivity contribution in [2.24, 2.45) is 13.0 Å². The molecule has 4 heteroatoms. The lowest BCUT2D eigenvalue weighted by Crippen LogP contribution is -2.26. The number of rotatable bonds is 6. The summed E-state index contributed by atoms with van der Waals surface area (Å²) in [5.41, 5.74) is 2.26. The van der Waals surface area contributed by atoms with Crippen LogP contribution < -0.4 is 0 Å². The van der Waals surface area contributed by atoms with Crippen molar-refractivity contribution in [3.63, 3.8) is 0 Å². The highest BCUT2D eigenvalue weighted by atomic mass is 35.5. The van der Waals surface area contributed by atoms with Crippen LogP contribution in [0, 0.1) is 12.8 Å². The highest BCUT2D eigenvalue weighted by Gasteiger charge is 2.25. The molecule has 0 bridgehead atoms. The molecular weight excluding hydrogens is 234 g/mol. The zero-order valence-electron chi connectivity index (χ0n) is 11.0. The molecule has 2 rings (SSSR count). The van der Waals surface area contributed by atoms with Gasteiger partial charge in [-0.15, -0.1) is 0 Å². The first-order chi connectivity index (χ1) is 8.11. The van der Waals surface area contributed by atoms with Crippen molar-refractivity contribution in [1.29, 1.82) is 0 Å². The summed E-state index contributed by atoms with van der Waals surface area (Å²) in [4.78, 5) is 2.52. The molecular formula is C13H22ClN3. The summed E-state index contributed by atoms with van der Waals surface area (Å²) < 4.78 is 1.77. The van der Waals surface area contributed by atoms with E-state index >= 15 is 0 Å². The normalized spacial score (nSPS) is 15.8. The minimum atomic E-state index is 0.791. The van der Waals surface area contributed by atoms with E-state index in [1.165, 1.54) is 31.4 Å². The van der Waals surface area contributed by atoms with Gasteiger partial charge in [0.25, 0.3) is 0 Å². The predicted octanol–water partition coefficient (Wildman–Crippen LogP) is 3.00. The number of hydrogen-bond donors (Lipinski definition) is 0. The van der Waals surface area contributed by atoms with E-state index in [1.54, 1.807) is 4.68 Å². The van der Waals surface area contributed by atoms with Gasteiger partial charge in [-0.3, -0.25) is 9.58 Å². The molecule has 0 N–H and O–H groups in total. The highest BCUT2D eigenvalue weighted by Crippen LogP contribution is 2.31. The lowest BCUT2D eigenvalue weighted by molar-refractivity contribution is 0.254. The van der Waals surface area contributed by atoms with Crippen LogP contribution in [0.5, 0.6) is 0 Å². The molecule has 1 aliphatic carbocycles. The van der Waals surface area contributed by atoms with Crippen LogP contribution in [0.2, 0.25) is 5.15 Å². The fourth-order valence-electron chi connectivity index (χ4n) is 2.29. The third-order valence-electron chi connectivity index (χ3n) is 3.40. The molecule has 1 aliphatic rings. The third-order valence-corrected chi connectivity index (χ3v) is 3.88. The van der Waals surface area contributed by atoms with Gasteiger partial charge < -0.3 is 0 Å². The van der Waals surface area contributed by atoms with Gasteiger partial charge in [-0.2, -0.15) is 5.10 Å². The molecule has 1 heterocycles. The maximum atomic E-state index is 6.28. The topological polar surface area (TPSA) is 21.1 Å². The van der Waals surface area contributed by atoms with Crippen LogP contribution >= 0.6 is 11.6 Å². The van der Waals surface area contributed by atoms with Gasteiger partial charge in [0.05, 0.1) is 5.69 Å². The van der Waals surface area contributed by atoms with Gasteiger partial charge >= 0.3 is 0 Å². The smallest absolute Gasteiger partial charge is 0.131 e. The Labute approximate surface area is 109 Å². The zero-order chi connectivity index (χ0) is 12.4. The molecule has 1 fully saturated rings. The van der Waals surface area contributed by atoms with Crippen molar-refractivity contribution in [2.45, 2.75) is 39.7 Å². The minimum absolute atomic E-state index is 0.791. The van der Waals surface area contributed by atoms with Gasteiger partial charge in [0.1, 0.15) is 5.15 Å². The summed E-state index contributed by atoms with van der Waals surface area (Å²) in [6.07, 6.45) is 4.00. The molecule has 17 heavy (non-hydrogen) atoms. The molecule has 0 aromatic carbocycles. The average Bonchev–Trinajstić information content (AvgIpc) is 3.04. The first kappa shape index (κ1) is 12.9. The zero-order valence-corrected chi connectivity index (χ0v) is 11.8. The molecule has 1 aromatic rings. The van der Waals surface area contributed by atoms with Gasteiger partial charge in [-0.25, -0.2) is 0 Å². The predicted molar refractivity (Wildman–Crippen MR) is 71.2 cm³/mol. The summed E-state index contributed by atoms with van der Waals surface area (Å²) in [5, 5.41) is 5.17. The summed E-state index contributed by atoms with van der Waals surface area (Å²) in [7, 11) is 1.91. The Morgan fingerprint density at radius 2 is 2.18 bits per heavy atom. The number of halogens is 1. The highest BCUT2D eigenvalue weighted by molar-refractivity contribution is 6.30. The van der Waals surface area contributed by atoms with Crippen LogP contribution in [0.15, 0.2) is 0 Å². The van der Waals surface area contributed by atoms with Crippen LogP contribution in [0.25, 0.3) is 0 Å². The monoisotopic (exact) mass is 255 g/mol. The Hall–Kier alpha value is -0.540. The van der Waals surface area contributed by atoms with Crippen molar-refractivity contribution < 1.29 is 0 Å². The largest absolute Gasteiger partial charge is 0.299 e. The maximum absolute atomic E-state index is 6.28. The molecule has 0 amide bonds. The Kier molecular flexibility index (Phi) is 4.10. The standard InChI is InChI=1S/C13H22ClN3/c1-4-7-17(8-11-5-6-11)9-12-10(2)15-16(3)13(12)14/h11H,4-9H2,1-3H3. The third kappa shape index (κ3) is 3.23. The van der Waals surface area contributed by atoms with E-state index in [0.717, 1.165) is 29.9 Å². The van der Waals surface area contributed by atoms with Crippen LogP contribution in [-0.2, 0) is 13.6 Å². The first-order valence-electron chi connectivity index (χ1n) is 6.52. The van der Waals surface area contributed by atoms with Crippen LogP contribution in [-0.4, -0.2) is 27.8 Å². The number of nitrogens with zero attached hydrogens (tertiary/aromatic N) is 3. The molecule has 0 atom stereocenters. The molecule has 0 unspecified atom stereocenters. The fraction of sp³-hybridized carbons (Fsp3) is 0.769. The summed E-state index contributed by atoms with van der Waals surface area (Å²) >= 11 is 6.28. The molecule has 0 spiro atoms. The quantitative estimate of drug-likeness (QED) is 0.779. The van der Waals surface area contributed by atoms with Crippen LogP contribution in [0.3, 0.4) is 0 Å². The average molecular weight is 256 g/mol.